The van der Waals surface area contributed by atoms with Gasteiger partial charge < -0.3 is 14.6 Å². The van der Waals surface area contributed by atoms with Crippen LogP contribution in [0.1, 0.15) is 32.0 Å². The first-order valence-electron chi connectivity index (χ1n) is 7.16. The second kappa shape index (κ2) is 7.10. The van der Waals surface area contributed by atoms with Crippen molar-refractivity contribution >= 4 is 6.01 Å². The van der Waals surface area contributed by atoms with Crippen molar-refractivity contribution in [2.45, 2.75) is 39.9 Å². The number of hydrogen-bond acceptors (Lipinski definition) is 4. The van der Waals surface area contributed by atoms with Crippen LogP contribution in [-0.2, 0) is 13.1 Å². The van der Waals surface area contributed by atoms with Gasteiger partial charge in [-0.05, 0) is 26.0 Å². The fourth-order valence-electron chi connectivity index (χ4n) is 2.01. The van der Waals surface area contributed by atoms with Gasteiger partial charge in [0.2, 0.25) is 0 Å². The summed E-state index contributed by atoms with van der Waals surface area (Å²) in [6, 6.07) is 11.4. The van der Waals surface area contributed by atoms with Crippen LogP contribution in [0.15, 0.2) is 41.0 Å². The van der Waals surface area contributed by atoms with Crippen LogP contribution in [-0.4, -0.2) is 17.6 Å². The molecule has 0 amide bonds. The Balaban J connectivity index is 2.10. The molecule has 1 aromatic heterocycles. The third-order valence-corrected chi connectivity index (χ3v) is 3.16. The Morgan fingerprint density at radius 3 is 2.65 bits per heavy atom. The van der Waals surface area contributed by atoms with E-state index in [1.807, 2.05) is 6.07 Å². The van der Waals surface area contributed by atoms with E-state index in [-0.39, 0.29) is 0 Å². The predicted octanol–water partition coefficient (Wildman–Crippen LogP) is 3.20. The molecular formula is C16H23N3O. The Bertz CT molecular complexity index is 507. The lowest BCUT2D eigenvalue weighted by molar-refractivity contribution is 0.509. The molecule has 4 heteroatoms. The molecule has 108 valence electrons. The summed E-state index contributed by atoms with van der Waals surface area (Å²) in [7, 11) is 0. The fourth-order valence-corrected chi connectivity index (χ4v) is 2.01. The standard InChI is InChI=1S/C16H23N3O/c1-4-17-10-15-12-20-16(18-15)19(13(2)3)11-14-8-6-5-7-9-14/h5-9,12-13,17H,4,10-11H2,1-3H3. The second-order valence-electron chi connectivity index (χ2n) is 5.11. The molecule has 0 aliphatic heterocycles. The maximum Gasteiger partial charge on any atom is 0.298 e. The molecule has 1 heterocycles. The van der Waals surface area contributed by atoms with Crippen LogP contribution in [0.5, 0.6) is 0 Å². The molecule has 0 atom stereocenters. The lowest BCUT2D eigenvalue weighted by atomic mass is 10.2. The summed E-state index contributed by atoms with van der Waals surface area (Å²) in [6.07, 6.45) is 1.73. The summed E-state index contributed by atoms with van der Waals surface area (Å²) >= 11 is 0. The van der Waals surface area contributed by atoms with Gasteiger partial charge in [-0.2, -0.15) is 4.98 Å². The van der Waals surface area contributed by atoms with Crippen molar-refractivity contribution in [1.82, 2.24) is 10.3 Å². The number of oxazole rings is 1. The zero-order valence-corrected chi connectivity index (χ0v) is 12.5. The molecule has 0 bridgehead atoms. The maximum atomic E-state index is 5.63. The number of hydrogen-bond donors (Lipinski definition) is 1. The first kappa shape index (κ1) is 14.6. The van der Waals surface area contributed by atoms with Gasteiger partial charge in [0, 0.05) is 19.1 Å². The summed E-state index contributed by atoms with van der Waals surface area (Å²) in [5.74, 6) is 0. The minimum atomic E-state index is 0.334. The molecule has 0 aliphatic carbocycles. The molecule has 0 spiro atoms. The Kier molecular flexibility index (Phi) is 5.18. The highest BCUT2D eigenvalue weighted by molar-refractivity contribution is 5.31. The largest absolute Gasteiger partial charge is 0.432 e. The monoisotopic (exact) mass is 273 g/mol. The average Bonchev–Trinajstić information content (AvgIpc) is 2.92. The molecule has 0 radical (unpaired) electrons. The van der Waals surface area contributed by atoms with Gasteiger partial charge in [0.05, 0.1) is 5.69 Å². The van der Waals surface area contributed by atoms with E-state index < -0.39 is 0 Å². The average molecular weight is 273 g/mol. The number of nitrogens with one attached hydrogen (secondary N) is 1. The van der Waals surface area contributed by atoms with E-state index in [4.69, 9.17) is 4.42 Å². The van der Waals surface area contributed by atoms with Crippen LogP contribution in [0.25, 0.3) is 0 Å². The van der Waals surface area contributed by atoms with Gasteiger partial charge in [0.15, 0.2) is 0 Å². The van der Waals surface area contributed by atoms with Gasteiger partial charge >= 0.3 is 0 Å². The molecule has 1 N–H and O–H groups in total. The quantitative estimate of drug-likeness (QED) is 0.841. The van der Waals surface area contributed by atoms with E-state index in [9.17, 15) is 0 Å². The Morgan fingerprint density at radius 1 is 1.25 bits per heavy atom. The third-order valence-electron chi connectivity index (χ3n) is 3.16. The predicted molar refractivity (Wildman–Crippen MR) is 81.6 cm³/mol. The first-order chi connectivity index (χ1) is 9.70. The van der Waals surface area contributed by atoms with Gasteiger partial charge in [-0.15, -0.1) is 0 Å². The zero-order chi connectivity index (χ0) is 14.4. The molecule has 0 unspecified atom stereocenters. The SMILES string of the molecule is CCNCc1coc(N(Cc2ccccc2)C(C)C)n1. The van der Waals surface area contributed by atoms with Crippen molar-refractivity contribution < 1.29 is 4.42 Å². The van der Waals surface area contributed by atoms with Crippen LogP contribution in [0.2, 0.25) is 0 Å². The Hall–Kier alpha value is -1.81. The highest BCUT2D eigenvalue weighted by Crippen LogP contribution is 2.19. The molecule has 0 fully saturated rings. The Labute approximate surface area is 120 Å². The van der Waals surface area contributed by atoms with Crippen molar-refractivity contribution in [2.24, 2.45) is 0 Å². The van der Waals surface area contributed by atoms with Gasteiger partial charge in [0.1, 0.15) is 6.26 Å². The topological polar surface area (TPSA) is 41.3 Å². The lowest BCUT2D eigenvalue weighted by Crippen LogP contribution is -2.30. The highest BCUT2D eigenvalue weighted by atomic mass is 16.4. The maximum absolute atomic E-state index is 5.63. The number of anilines is 1. The molecule has 1 aromatic carbocycles. The van der Waals surface area contributed by atoms with Gasteiger partial charge in [-0.25, -0.2) is 0 Å². The molecular weight excluding hydrogens is 250 g/mol. The second-order valence-corrected chi connectivity index (χ2v) is 5.11. The summed E-state index contributed by atoms with van der Waals surface area (Å²) < 4.78 is 5.63. The summed E-state index contributed by atoms with van der Waals surface area (Å²) in [4.78, 5) is 6.73. The molecule has 4 nitrogen and oxygen atoms in total. The smallest absolute Gasteiger partial charge is 0.298 e. The van der Waals surface area contributed by atoms with E-state index in [2.05, 4.69) is 60.2 Å². The number of benzene rings is 1. The number of rotatable bonds is 7. The minimum Gasteiger partial charge on any atom is -0.432 e. The van der Waals surface area contributed by atoms with Crippen LogP contribution >= 0.6 is 0 Å². The van der Waals surface area contributed by atoms with Gasteiger partial charge in [-0.3, -0.25) is 0 Å². The van der Waals surface area contributed by atoms with Crippen LogP contribution < -0.4 is 10.2 Å². The summed E-state index contributed by atoms with van der Waals surface area (Å²) in [5.41, 5.74) is 2.20. The van der Waals surface area contributed by atoms with Crippen LogP contribution in [0.4, 0.5) is 6.01 Å². The number of nitrogens with zero attached hydrogens (tertiary/aromatic N) is 2. The van der Waals surface area contributed by atoms with E-state index in [0.717, 1.165) is 25.3 Å². The fraction of sp³-hybridized carbons (Fsp3) is 0.438. The third kappa shape index (κ3) is 3.84. The van der Waals surface area contributed by atoms with Crippen LogP contribution in [0.3, 0.4) is 0 Å². The molecule has 0 aliphatic rings. The van der Waals surface area contributed by atoms with Crippen molar-refractivity contribution in [1.29, 1.82) is 0 Å². The van der Waals surface area contributed by atoms with E-state index >= 15 is 0 Å². The summed E-state index contributed by atoms with van der Waals surface area (Å²) in [6.45, 7) is 8.86. The summed E-state index contributed by atoms with van der Waals surface area (Å²) in [5, 5.41) is 3.25. The van der Waals surface area contributed by atoms with E-state index in [1.165, 1.54) is 5.56 Å². The van der Waals surface area contributed by atoms with Crippen LogP contribution in [0, 0.1) is 0 Å². The molecule has 2 rings (SSSR count). The lowest BCUT2D eigenvalue weighted by Gasteiger charge is -2.24. The normalized spacial score (nSPS) is 11.0. The molecule has 0 saturated heterocycles. The first-order valence-corrected chi connectivity index (χ1v) is 7.16. The Morgan fingerprint density at radius 2 is 2.00 bits per heavy atom. The van der Waals surface area contributed by atoms with Crippen molar-refractivity contribution in [2.75, 3.05) is 11.4 Å². The number of aromatic nitrogens is 1. The molecule has 0 saturated carbocycles. The van der Waals surface area contributed by atoms with E-state index in [1.54, 1.807) is 6.26 Å². The van der Waals surface area contributed by atoms with E-state index in [0.29, 0.717) is 12.1 Å². The molecule has 20 heavy (non-hydrogen) atoms. The zero-order valence-electron chi connectivity index (χ0n) is 12.5. The van der Waals surface area contributed by atoms with Gasteiger partial charge in [-0.1, -0.05) is 37.3 Å². The van der Waals surface area contributed by atoms with Crippen molar-refractivity contribution in [3.05, 3.63) is 47.9 Å². The minimum absolute atomic E-state index is 0.334. The van der Waals surface area contributed by atoms with Gasteiger partial charge in [0.25, 0.3) is 6.01 Å². The molecule has 2 aromatic rings. The van der Waals surface area contributed by atoms with Crippen molar-refractivity contribution in [3.63, 3.8) is 0 Å². The highest BCUT2D eigenvalue weighted by Gasteiger charge is 2.16. The van der Waals surface area contributed by atoms with Crippen molar-refractivity contribution in [3.8, 4) is 0 Å².